The number of ketones is 1. The molecule has 1 heterocycles. The molecule has 1 aromatic carbocycles. The highest BCUT2D eigenvalue weighted by molar-refractivity contribution is 9.10. The molecule has 0 spiro atoms. The van der Waals surface area contributed by atoms with Crippen LogP contribution in [0.3, 0.4) is 0 Å². The number of hydrogen-bond donors (Lipinski definition) is 0. The van der Waals surface area contributed by atoms with Gasteiger partial charge in [0.1, 0.15) is 11.4 Å². The zero-order valence-electron chi connectivity index (χ0n) is 10.7. The predicted molar refractivity (Wildman–Crippen MR) is 74.5 cm³/mol. The second-order valence-electron chi connectivity index (χ2n) is 4.26. The molecule has 0 atom stereocenters. The molecular weight excluding hydrogens is 331 g/mol. The summed E-state index contributed by atoms with van der Waals surface area (Å²) in [7, 11) is 2.71. The minimum Gasteiger partial charge on any atom is -0.303 e. The molecule has 1 aromatic heterocycles. The average Bonchev–Trinajstić information content (AvgIpc) is 2.43. The number of benzene rings is 1. The van der Waals surface area contributed by atoms with E-state index in [1.807, 2.05) is 0 Å². The lowest BCUT2D eigenvalue weighted by Gasteiger charge is -2.06. The highest BCUT2D eigenvalue weighted by Gasteiger charge is 2.17. The van der Waals surface area contributed by atoms with Crippen molar-refractivity contribution in [3.05, 3.63) is 66.7 Å². The van der Waals surface area contributed by atoms with Crippen molar-refractivity contribution in [3.8, 4) is 0 Å². The summed E-state index contributed by atoms with van der Waals surface area (Å²) in [6.45, 7) is 0. The van der Waals surface area contributed by atoms with E-state index < -0.39 is 22.8 Å². The van der Waals surface area contributed by atoms with Crippen molar-refractivity contribution >= 4 is 21.7 Å². The van der Waals surface area contributed by atoms with E-state index in [-0.39, 0.29) is 15.6 Å². The van der Waals surface area contributed by atoms with Gasteiger partial charge in [-0.05, 0) is 34.1 Å². The minimum absolute atomic E-state index is 0.0430. The summed E-state index contributed by atoms with van der Waals surface area (Å²) < 4.78 is 15.6. The Kier molecular flexibility index (Phi) is 3.71. The van der Waals surface area contributed by atoms with Crippen LogP contribution in [0, 0.1) is 5.82 Å². The van der Waals surface area contributed by atoms with E-state index in [9.17, 15) is 18.8 Å². The zero-order chi connectivity index (χ0) is 15.0. The highest BCUT2D eigenvalue weighted by atomic mass is 79.9. The largest absolute Gasteiger partial charge is 0.330 e. The molecule has 7 heteroatoms. The SMILES string of the molecule is Cn1cc(C(=O)c2ccc(Br)c(F)c2)c(=O)n(C)c1=O. The maximum Gasteiger partial charge on any atom is 0.330 e. The third kappa shape index (κ3) is 2.36. The number of rotatable bonds is 2. The Balaban J connectivity index is 2.62. The Labute approximate surface area is 121 Å². The van der Waals surface area contributed by atoms with E-state index in [4.69, 9.17) is 0 Å². The molecule has 0 aliphatic rings. The smallest absolute Gasteiger partial charge is 0.303 e. The molecule has 0 bridgehead atoms. The quantitative estimate of drug-likeness (QED) is 0.772. The fourth-order valence-corrected chi connectivity index (χ4v) is 2.00. The lowest BCUT2D eigenvalue weighted by atomic mass is 10.1. The third-order valence-corrected chi connectivity index (χ3v) is 3.52. The molecular formula is C13H10BrFN2O3. The maximum atomic E-state index is 13.4. The van der Waals surface area contributed by atoms with Crippen molar-refractivity contribution in [2.75, 3.05) is 0 Å². The first-order valence-electron chi connectivity index (χ1n) is 5.59. The molecule has 20 heavy (non-hydrogen) atoms. The summed E-state index contributed by atoms with van der Waals surface area (Å²) in [6, 6.07) is 3.83. The number of nitrogens with zero attached hydrogens (tertiary/aromatic N) is 2. The van der Waals surface area contributed by atoms with Crippen molar-refractivity contribution in [2.45, 2.75) is 0 Å². The van der Waals surface area contributed by atoms with Crippen LogP contribution < -0.4 is 11.2 Å². The molecule has 2 aromatic rings. The van der Waals surface area contributed by atoms with Crippen LogP contribution in [-0.2, 0) is 14.1 Å². The van der Waals surface area contributed by atoms with E-state index in [1.54, 1.807) is 0 Å². The van der Waals surface area contributed by atoms with E-state index in [2.05, 4.69) is 15.9 Å². The first-order chi connectivity index (χ1) is 9.32. The number of hydrogen-bond acceptors (Lipinski definition) is 3. The minimum atomic E-state index is -0.707. The van der Waals surface area contributed by atoms with Crippen LogP contribution in [0.1, 0.15) is 15.9 Å². The molecule has 0 saturated heterocycles. The first kappa shape index (κ1) is 14.4. The Bertz CT molecular complexity index is 823. The van der Waals surface area contributed by atoms with Gasteiger partial charge in [-0.25, -0.2) is 9.18 Å². The van der Waals surface area contributed by atoms with Crippen LogP contribution in [0.5, 0.6) is 0 Å². The third-order valence-electron chi connectivity index (χ3n) is 2.87. The molecule has 104 valence electrons. The van der Waals surface area contributed by atoms with Crippen molar-refractivity contribution in [3.63, 3.8) is 0 Å². The highest BCUT2D eigenvalue weighted by Crippen LogP contribution is 2.17. The summed E-state index contributed by atoms with van der Waals surface area (Å²) in [6.07, 6.45) is 1.16. The van der Waals surface area contributed by atoms with Crippen LogP contribution >= 0.6 is 15.9 Å². The van der Waals surface area contributed by atoms with Gasteiger partial charge in [-0.15, -0.1) is 0 Å². The topological polar surface area (TPSA) is 61.1 Å². The molecule has 0 amide bonds. The lowest BCUT2D eigenvalue weighted by Crippen LogP contribution is -2.39. The second-order valence-corrected chi connectivity index (χ2v) is 5.11. The Hall–Kier alpha value is -2.02. The fourth-order valence-electron chi connectivity index (χ4n) is 1.76. The van der Waals surface area contributed by atoms with Crippen molar-refractivity contribution in [2.24, 2.45) is 14.1 Å². The molecule has 2 rings (SSSR count). The van der Waals surface area contributed by atoms with Gasteiger partial charge in [-0.3, -0.25) is 14.2 Å². The molecule has 0 aliphatic heterocycles. The van der Waals surface area contributed by atoms with Crippen molar-refractivity contribution < 1.29 is 9.18 Å². The van der Waals surface area contributed by atoms with Gasteiger partial charge >= 0.3 is 5.69 Å². The van der Waals surface area contributed by atoms with E-state index >= 15 is 0 Å². The summed E-state index contributed by atoms with van der Waals surface area (Å²) in [5.41, 5.74) is -1.38. The molecule has 0 radical (unpaired) electrons. The normalized spacial score (nSPS) is 10.6. The van der Waals surface area contributed by atoms with Crippen molar-refractivity contribution in [1.82, 2.24) is 9.13 Å². The number of halogens is 2. The zero-order valence-corrected chi connectivity index (χ0v) is 12.3. The number of aromatic nitrogens is 2. The van der Waals surface area contributed by atoms with Gasteiger partial charge in [0.15, 0.2) is 5.78 Å². The van der Waals surface area contributed by atoms with Crippen molar-refractivity contribution in [1.29, 1.82) is 0 Å². The second kappa shape index (κ2) is 5.16. The van der Waals surface area contributed by atoms with Gasteiger partial charge < -0.3 is 4.57 Å². The molecule has 0 fully saturated rings. The monoisotopic (exact) mass is 340 g/mol. The van der Waals surface area contributed by atoms with E-state index in [0.29, 0.717) is 0 Å². The van der Waals surface area contributed by atoms with Gasteiger partial charge in [0, 0.05) is 25.9 Å². The predicted octanol–water partition coefficient (Wildman–Crippen LogP) is 1.22. The molecule has 0 saturated carbocycles. The van der Waals surface area contributed by atoms with Gasteiger partial charge in [0.2, 0.25) is 0 Å². The Morgan fingerprint density at radius 3 is 2.50 bits per heavy atom. The summed E-state index contributed by atoms with van der Waals surface area (Å²) in [5.74, 6) is -1.23. The Morgan fingerprint density at radius 2 is 1.90 bits per heavy atom. The summed E-state index contributed by atoms with van der Waals surface area (Å²) in [5, 5.41) is 0. The first-order valence-corrected chi connectivity index (χ1v) is 6.38. The maximum absolute atomic E-state index is 13.4. The molecule has 0 unspecified atom stereocenters. The van der Waals surface area contributed by atoms with E-state index in [1.165, 1.54) is 26.2 Å². The van der Waals surface area contributed by atoms with Gasteiger partial charge in [-0.1, -0.05) is 0 Å². The van der Waals surface area contributed by atoms with Crippen LogP contribution in [-0.4, -0.2) is 14.9 Å². The molecule has 5 nitrogen and oxygen atoms in total. The summed E-state index contributed by atoms with van der Waals surface area (Å²) >= 11 is 2.98. The van der Waals surface area contributed by atoms with E-state index in [0.717, 1.165) is 21.4 Å². The van der Waals surface area contributed by atoms with Crippen LogP contribution in [0.25, 0.3) is 0 Å². The summed E-state index contributed by atoms with van der Waals surface area (Å²) in [4.78, 5) is 35.7. The molecule has 0 aliphatic carbocycles. The average molecular weight is 341 g/mol. The van der Waals surface area contributed by atoms with Gasteiger partial charge in [0.25, 0.3) is 5.56 Å². The number of aryl methyl sites for hydroxylation is 1. The van der Waals surface area contributed by atoms with Crippen LogP contribution in [0.15, 0.2) is 38.5 Å². The van der Waals surface area contributed by atoms with Crippen LogP contribution in [0.4, 0.5) is 4.39 Å². The lowest BCUT2D eigenvalue weighted by molar-refractivity contribution is 0.103. The fraction of sp³-hybridized carbons (Fsp3) is 0.154. The Morgan fingerprint density at radius 1 is 1.25 bits per heavy atom. The standard InChI is InChI=1S/C13H10BrFN2O3/c1-16-6-8(12(19)17(2)13(16)20)11(18)7-3-4-9(14)10(15)5-7/h3-6H,1-2H3. The number of carbonyl (C=O) groups excluding carboxylic acids is 1. The van der Waals surface area contributed by atoms with Gasteiger partial charge in [-0.2, -0.15) is 0 Å². The number of carbonyl (C=O) groups is 1. The molecule has 0 N–H and O–H groups in total. The van der Waals surface area contributed by atoms with Gasteiger partial charge in [0.05, 0.1) is 4.47 Å². The van der Waals surface area contributed by atoms with Crippen LogP contribution in [0.2, 0.25) is 0 Å².